The summed E-state index contributed by atoms with van der Waals surface area (Å²) in [6.45, 7) is 8.53. The third-order valence-electron chi connectivity index (χ3n) is 4.21. The van der Waals surface area contributed by atoms with E-state index >= 15 is 0 Å². The van der Waals surface area contributed by atoms with Gasteiger partial charge in [-0.3, -0.25) is 0 Å². The number of carbonyl (C=O) groups excluding carboxylic acids is 1. The van der Waals surface area contributed by atoms with E-state index in [4.69, 9.17) is 4.74 Å². The van der Waals surface area contributed by atoms with Crippen molar-refractivity contribution in [1.82, 2.24) is 9.80 Å². The number of carboxylic acids is 1. The first kappa shape index (κ1) is 16.8. The zero-order valence-electron chi connectivity index (χ0n) is 13.0. The Morgan fingerprint density at radius 2 is 2.05 bits per heavy atom. The van der Waals surface area contributed by atoms with Gasteiger partial charge in [-0.25, -0.2) is 9.59 Å². The van der Waals surface area contributed by atoms with E-state index in [1.54, 1.807) is 32.8 Å². The highest BCUT2D eigenvalue weighted by Gasteiger charge is 2.40. The lowest BCUT2D eigenvalue weighted by atomic mass is 9.95. The summed E-state index contributed by atoms with van der Waals surface area (Å²) in [4.78, 5) is 27.0. The molecule has 6 heteroatoms. The topological polar surface area (TPSA) is 70.1 Å². The number of urea groups is 1. The van der Waals surface area contributed by atoms with Gasteiger partial charge in [-0.05, 0) is 33.1 Å². The van der Waals surface area contributed by atoms with E-state index in [-0.39, 0.29) is 12.1 Å². The lowest BCUT2D eigenvalue weighted by molar-refractivity contribution is -0.148. The van der Waals surface area contributed by atoms with Gasteiger partial charge < -0.3 is 19.6 Å². The van der Waals surface area contributed by atoms with E-state index in [1.807, 2.05) is 0 Å². The van der Waals surface area contributed by atoms with E-state index in [9.17, 15) is 14.7 Å². The van der Waals surface area contributed by atoms with Crippen LogP contribution < -0.4 is 0 Å². The second-order valence-electron chi connectivity index (χ2n) is 5.88. The average Bonchev–Trinajstić information content (AvgIpc) is 2.39. The van der Waals surface area contributed by atoms with E-state index < -0.39 is 11.5 Å². The maximum absolute atomic E-state index is 12.6. The first-order chi connectivity index (χ1) is 9.25. The SMILES string of the molecule is CCN(C(=O)N1CCC(C)C(OC)C1)C(C)(C)C(=O)O. The maximum Gasteiger partial charge on any atom is 0.329 e. The van der Waals surface area contributed by atoms with Crippen LogP contribution in [0, 0.1) is 5.92 Å². The summed E-state index contributed by atoms with van der Waals surface area (Å²) in [5, 5.41) is 9.29. The first-order valence-corrected chi connectivity index (χ1v) is 7.08. The van der Waals surface area contributed by atoms with Crippen molar-refractivity contribution < 1.29 is 19.4 Å². The Morgan fingerprint density at radius 1 is 1.45 bits per heavy atom. The molecule has 1 fully saturated rings. The summed E-state index contributed by atoms with van der Waals surface area (Å²) in [6.07, 6.45) is 0.884. The Hall–Kier alpha value is -1.30. The van der Waals surface area contributed by atoms with Crippen LogP contribution in [0.2, 0.25) is 0 Å². The number of aliphatic carboxylic acids is 1. The summed E-state index contributed by atoms with van der Waals surface area (Å²) in [6, 6.07) is -0.228. The van der Waals surface area contributed by atoms with Crippen molar-refractivity contribution in [3.63, 3.8) is 0 Å². The molecule has 2 atom stereocenters. The van der Waals surface area contributed by atoms with Gasteiger partial charge in [0.2, 0.25) is 0 Å². The molecule has 0 bridgehead atoms. The molecule has 0 aromatic carbocycles. The number of ether oxygens (including phenoxy) is 1. The molecule has 1 aliphatic rings. The second-order valence-corrected chi connectivity index (χ2v) is 5.88. The van der Waals surface area contributed by atoms with Crippen LogP contribution in [0.25, 0.3) is 0 Å². The average molecular weight is 286 g/mol. The van der Waals surface area contributed by atoms with Crippen LogP contribution in [0.5, 0.6) is 0 Å². The van der Waals surface area contributed by atoms with E-state index in [0.29, 0.717) is 25.6 Å². The highest BCUT2D eigenvalue weighted by molar-refractivity contribution is 5.85. The largest absolute Gasteiger partial charge is 0.480 e. The molecule has 116 valence electrons. The van der Waals surface area contributed by atoms with Gasteiger partial charge in [0.1, 0.15) is 5.54 Å². The monoisotopic (exact) mass is 286 g/mol. The molecule has 6 nitrogen and oxygen atoms in total. The van der Waals surface area contributed by atoms with Gasteiger partial charge in [-0.15, -0.1) is 0 Å². The lowest BCUT2D eigenvalue weighted by Gasteiger charge is -2.42. The molecule has 1 rings (SSSR count). The first-order valence-electron chi connectivity index (χ1n) is 7.08. The van der Waals surface area contributed by atoms with Crippen molar-refractivity contribution in [2.75, 3.05) is 26.7 Å². The summed E-state index contributed by atoms with van der Waals surface area (Å²) >= 11 is 0. The van der Waals surface area contributed by atoms with E-state index in [0.717, 1.165) is 6.42 Å². The normalized spacial score (nSPS) is 23.6. The third kappa shape index (κ3) is 3.23. The van der Waals surface area contributed by atoms with Gasteiger partial charge in [-0.2, -0.15) is 0 Å². The number of likely N-dealkylation sites (N-methyl/N-ethyl adjacent to an activating group) is 1. The van der Waals surface area contributed by atoms with Crippen molar-refractivity contribution in [3.8, 4) is 0 Å². The molecule has 1 N–H and O–H groups in total. The molecule has 2 unspecified atom stereocenters. The number of carbonyl (C=O) groups is 2. The molecule has 2 amide bonds. The number of methoxy groups -OCH3 is 1. The van der Waals surface area contributed by atoms with Crippen LogP contribution in [-0.4, -0.2) is 65.3 Å². The van der Waals surface area contributed by atoms with Crippen molar-refractivity contribution in [2.45, 2.75) is 45.8 Å². The standard InChI is InChI=1S/C14H26N2O4/c1-6-16(14(3,4)12(17)18)13(19)15-8-7-10(2)11(9-15)20-5/h10-11H,6-9H2,1-5H3,(H,17,18). The Kier molecular flexibility index (Phi) is 5.39. The maximum atomic E-state index is 12.6. The fourth-order valence-electron chi connectivity index (χ4n) is 2.57. The molecular formula is C14H26N2O4. The van der Waals surface area contributed by atoms with Crippen LogP contribution >= 0.6 is 0 Å². The number of amides is 2. The minimum atomic E-state index is -1.21. The lowest BCUT2D eigenvalue weighted by Crippen LogP contribution is -2.59. The number of hydrogen-bond acceptors (Lipinski definition) is 3. The summed E-state index contributed by atoms with van der Waals surface area (Å²) in [5.74, 6) is -0.590. The number of likely N-dealkylation sites (tertiary alicyclic amines) is 1. The summed E-state index contributed by atoms with van der Waals surface area (Å²) in [5.41, 5.74) is -1.21. The van der Waals surface area contributed by atoms with Gasteiger partial charge in [-0.1, -0.05) is 6.92 Å². The van der Waals surface area contributed by atoms with E-state index in [1.165, 1.54) is 4.90 Å². The second kappa shape index (κ2) is 6.43. The third-order valence-corrected chi connectivity index (χ3v) is 4.21. The van der Waals surface area contributed by atoms with Crippen molar-refractivity contribution in [3.05, 3.63) is 0 Å². The molecule has 1 heterocycles. The molecule has 1 aliphatic heterocycles. The minimum absolute atomic E-state index is 0.0133. The van der Waals surface area contributed by atoms with Gasteiger partial charge in [0, 0.05) is 26.7 Å². The zero-order valence-corrected chi connectivity index (χ0v) is 13.0. The predicted molar refractivity (Wildman–Crippen MR) is 75.6 cm³/mol. The molecule has 1 saturated heterocycles. The molecular weight excluding hydrogens is 260 g/mol. The van der Waals surface area contributed by atoms with E-state index in [2.05, 4.69) is 6.92 Å². The number of piperidine rings is 1. The van der Waals surface area contributed by atoms with Crippen molar-refractivity contribution in [1.29, 1.82) is 0 Å². The minimum Gasteiger partial charge on any atom is -0.480 e. The van der Waals surface area contributed by atoms with Crippen LogP contribution in [0.3, 0.4) is 0 Å². The quantitative estimate of drug-likeness (QED) is 0.853. The molecule has 0 saturated carbocycles. The van der Waals surface area contributed by atoms with Crippen molar-refractivity contribution in [2.24, 2.45) is 5.92 Å². The Balaban J connectivity index is 2.84. The number of carboxylic acid groups (broad SMARTS) is 1. The molecule has 0 aromatic rings. The van der Waals surface area contributed by atoms with Crippen LogP contribution in [-0.2, 0) is 9.53 Å². The molecule has 20 heavy (non-hydrogen) atoms. The molecule has 0 spiro atoms. The van der Waals surface area contributed by atoms with Gasteiger partial charge in [0.05, 0.1) is 6.10 Å². The fourth-order valence-corrected chi connectivity index (χ4v) is 2.57. The van der Waals surface area contributed by atoms with Crippen LogP contribution in [0.1, 0.15) is 34.1 Å². The smallest absolute Gasteiger partial charge is 0.329 e. The molecule has 0 radical (unpaired) electrons. The Labute approximate surface area is 120 Å². The molecule has 0 aromatic heterocycles. The van der Waals surface area contributed by atoms with Gasteiger partial charge in [0.25, 0.3) is 0 Å². The van der Waals surface area contributed by atoms with Gasteiger partial charge >= 0.3 is 12.0 Å². The predicted octanol–water partition coefficient (Wildman–Crippen LogP) is 1.65. The summed E-state index contributed by atoms with van der Waals surface area (Å²) < 4.78 is 5.40. The van der Waals surface area contributed by atoms with Crippen LogP contribution in [0.15, 0.2) is 0 Å². The van der Waals surface area contributed by atoms with Gasteiger partial charge in [0.15, 0.2) is 0 Å². The number of rotatable bonds is 4. The van der Waals surface area contributed by atoms with Crippen molar-refractivity contribution >= 4 is 12.0 Å². The summed E-state index contributed by atoms with van der Waals surface area (Å²) in [7, 11) is 1.65. The highest BCUT2D eigenvalue weighted by Crippen LogP contribution is 2.23. The Bertz CT molecular complexity index is 370. The fraction of sp³-hybridized carbons (Fsp3) is 0.857. The Morgan fingerprint density at radius 3 is 2.50 bits per heavy atom. The molecule has 0 aliphatic carbocycles. The zero-order chi connectivity index (χ0) is 15.5. The highest BCUT2D eigenvalue weighted by atomic mass is 16.5. The number of nitrogens with zero attached hydrogens (tertiary/aromatic N) is 2. The van der Waals surface area contributed by atoms with Crippen LogP contribution in [0.4, 0.5) is 4.79 Å². The number of hydrogen-bond donors (Lipinski definition) is 1.